The largest absolute Gasteiger partial charge is 0.488 e. The van der Waals surface area contributed by atoms with Crippen molar-refractivity contribution in [3.63, 3.8) is 0 Å². The molecule has 0 unspecified atom stereocenters. The van der Waals surface area contributed by atoms with Crippen LogP contribution in [0.25, 0.3) is 0 Å². The highest BCUT2D eigenvalue weighted by molar-refractivity contribution is 5.44. The molecular formula is C9H13N3O. The summed E-state index contributed by atoms with van der Waals surface area (Å²) in [7, 11) is 0. The topological polar surface area (TPSA) is 61.0 Å². The van der Waals surface area contributed by atoms with Gasteiger partial charge in [0.05, 0.1) is 12.8 Å². The van der Waals surface area contributed by atoms with Crippen LogP contribution in [0.2, 0.25) is 0 Å². The second-order valence-electron chi connectivity index (χ2n) is 3.18. The Morgan fingerprint density at radius 1 is 1.62 bits per heavy atom. The maximum atomic E-state index is 5.70. The molecule has 13 heavy (non-hydrogen) atoms. The minimum absolute atomic E-state index is 0.457. The molecule has 2 rings (SSSR count). The van der Waals surface area contributed by atoms with Gasteiger partial charge in [0.1, 0.15) is 5.82 Å². The summed E-state index contributed by atoms with van der Waals surface area (Å²) in [5, 5.41) is 0. The standard InChI is InChI=1S/C9H13N3O/c1-2-13-7-5-11-9(6-3-4-6)12-8(7)10/h5-6H,2-4H2,1H3,(H2,10,11,12). The molecule has 0 saturated heterocycles. The van der Waals surface area contributed by atoms with Gasteiger partial charge < -0.3 is 10.5 Å². The monoisotopic (exact) mass is 179 g/mol. The molecule has 0 bridgehead atoms. The molecule has 1 aromatic rings. The summed E-state index contributed by atoms with van der Waals surface area (Å²) in [5.74, 6) is 2.45. The average molecular weight is 179 g/mol. The normalized spacial score (nSPS) is 15.8. The SMILES string of the molecule is CCOc1cnc(C2CC2)nc1N. The van der Waals surface area contributed by atoms with E-state index in [2.05, 4.69) is 9.97 Å². The van der Waals surface area contributed by atoms with Gasteiger partial charge in [-0.05, 0) is 19.8 Å². The molecule has 0 aromatic carbocycles. The van der Waals surface area contributed by atoms with Crippen molar-refractivity contribution in [1.82, 2.24) is 9.97 Å². The van der Waals surface area contributed by atoms with Gasteiger partial charge in [0, 0.05) is 5.92 Å². The van der Waals surface area contributed by atoms with Crippen LogP contribution in [-0.4, -0.2) is 16.6 Å². The van der Waals surface area contributed by atoms with E-state index in [1.165, 1.54) is 12.8 Å². The third kappa shape index (κ3) is 1.71. The Balaban J connectivity index is 2.21. The molecule has 0 radical (unpaired) electrons. The first-order valence-corrected chi connectivity index (χ1v) is 4.56. The van der Waals surface area contributed by atoms with E-state index in [0.717, 1.165) is 5.82 Å². The lowest BCUT2D eigenvalue weighted by Crippen LogP contribution is -2.03. The van der Waals surface area contributed by atoms with Crippen LogP contribution < -0.4 is 10.5 Å². The molecule has 1 fully saturated rings. The average Bonchev–Trinajstić information content (AvgIpc) is 2.91. The summed E-state index contributed by atoms with van der Waals surface area (Å²) in [4.78, 5) is 8.40. The molecule has 0 atom stereocenters. The van der Waals surface area contributed by atoms with E-state index in [-0.39, 0.29) is 0 Å². The molecule has 0 aliphatic heterocycles. The maximum Gasteiger partial charge on any atom is 0.179 e. The van der Waals surface area contributed by atoms with Crippen molar-refractivity contribution in [1.29, 1.82) is 0 Å². The fraction of sp³-hybridized carbons (Fsp3) is 0.556. The Labute approximate surface area is 77.1 Å². The molecule has 2 N–H and O–H groups in total. The molecule has 1 aromatic heterocycles. The van der Waals surface area contributed by atoms with Crippen LogP contribution in [0, 0.1) is 0 Å². The molecule has 4 heteroatoms. The summed E-state index contributed by atoms with van der Waals surface area (Å²) in [5.41, 5.74) is 5.70. The predicted molar refractivity (Wildman–Crippen MR) is 49.6 cm³/mol. The van der Waals surface area contributed by atoms with Crippen LogP contribution in [0.3, 0.4) is 0 Å². The smallest absolute Gasteiger partial charge is 0.179 e. The minimum atomic E-state index is 0.457. The Morgan fingerprint density at radius 2 is 2.38 bits per heavy atom. The molecule has 1 saturated carbocycles. The fourth-order valence-electron chi connectivity index (χ4n) is 1.20. The van der Waals surface area contributed by atoms with Crippen molar-refractivity contribution >= 4 is 5.82 Å². The second-order valence-corrected chi connectivity index (χ2v) is 3.18. The molecule has 1 aliphatic carbocycles. The molecule has 0 spiro atoms. The quantitative estimate of drug-likeness (QED) is 0.760. The van der Waals surface area contributed by atoms with E-state index < -0.39 is 0 Å². The van der Waals surface area contributed by atoms with Crippen LogP contribution in [0.15, 0.2) is 6.20 Å². The van der Waals surface area contributed by atoms with Crippen molar-refractivity contribution in [2.75, 3.05) is 12.3 Å². The maximum absolute atomic E-state index is 5.70. The van der Waals surface area contributed by atoms with Crippen LogP contribution >= 0.6 is 0 Å². The summed E-state index contributed by atoms with van der Waals surface area (Å²) >= 11 is 0. The molecular weight excluding hydrogens is 166 g/mol. The van der Waals surface area contributed by atoms with Crippen molar-refractivity contribution in [2.24, 2.45) is 0 Å². The van der Waals surface area contributed by atoms with E-state index >= 15 is 0 Å². The van der Waals surface area contributed by atoms with Gasteiger partial charge in [-0.3, -0.25) is 0 Å². The van der Waals surface area contributed by atoms with Crippen LogP contribution in [0.1, 0.15) is 31.5 Å². The van der Waals surface area contributed by atoms with Crippen molar-refractivity contribution < 1.29 is 4.74 Å². The van der Waals surface area contributed by atoms with Gasteiger partial charge in [-0.15, -0.1) is 0 Å². The van der Waals surface area contributed by atoms with E-state index in [1.54, 1.807) is 6.20 Å². The van der Waals surface area contributed by atoms with E-state index in [4.69, 9.17) is 10.5 Å². The number of nitrogen functional groups attached to an aromatic ring is 1. The first-order chi connectivity index (χ1) is 6.31. The molecule has 0 amide bonds. The van der Waals surface area contributed by atoms with Gasteiger partial charge in [-0.25, -0.2) is 9.97 Å². The summed E-state index contributed by atoms with van der Waals surface area (Å²) in [6.45, 7) is 2.50. The molecule has 4 nitrogen and oxygen atoms in total. The first kappa shape index (κ1) is 8.29. The van der Waals surface area contributed by atoms with E-state index in [9.17, 15) is 0 Å². The zero-order valence-electron chi connectivity index (χ0n) is 7.66. The summed E-state index contributed by atoms with van der Waals surface area (Å²) in [6.07, 6.45) is 4.04. The Hall–Kier alpha value is -1.32. The van der Waals surface area contributed by atoms with Crippen LogP contribution in [0.5, 0.6) is 5.75 Å². The molecule has 1 heterocycles. The lowest BCUT2D eigenvalue weighted by atomic mass is 10.4. The zero-order valence-corrected chi connectivity index (χ0v) is 7.66. The number of hydrogen-bond acceptors (Lipinski definition) is 4. The number of nitrogens with zero attached hydrogens (tertiary/aromatic N) is 2. The lowest BCUT2D eigenvalue weighted by Gasteiger charge is -2.05. The number of rotatable bonds is 3. The lowest BCUT2D eigenvalue weighted by molar-refractivity contribution is 0.339. The summed E-state index contributed by atoms with van der Waals surface area (Å²) < 4.78 is 5.24. The number of nitrogens with two attached hydrogens (primary N) is 1. The van der Waals surface area contributed by atoms with Gasteiger partial charge in [0.2, 0.25) is 0 Å². The first-order valence-electron chi connectivity index (χ1n) is 4.56. The molecule has 1 aliphatic rings. The fourth-order valence-corrected chi connectivity index (χ4v) is 1.20. The highest BCUT2D eigenvalue weighted by Gasteiger charge is 2.26. The number of aromatic nitrogens is 2. The van der Waals surface area contributed by atoms with E-state index in [1.807, 2.05) is 6.92 Å². The zero-order chi connectivity index (χ0) is 9.26. The third-order valence-corrected chi connectivity index (χ3v) is 2.04. The van der Waals surface area contributed by atoms with Gasteiger partial charge >= 0.3 is 0 Å². The van der Waals surface area contributed by atoms with Crippen molar-refractivity contribution in [3.05, 3.63) is 12.0 Å². The van der Waals surface area contributed by atoms with E-state index in [0.29, 0.717) is 24.1 Å². The third-order valence-electron chi connectivity index (χ3n) is 2.04. The second kappa shape index (κ2) is 3.20. The van der Waals surface area contributed by atoms with Gasteiger partial charge in [-0.2, -0.15) is 0 Å². The number of hydrogen-bond donors (Lipinski definition) is 1. The summed E-state index contributed by atoms with van der Waals surface area (Å²) in [6, 6.07) is 0. The number of anilines is 1. The Kier molecular flexibility index (Phi) is 2.04. The van der Waals surface area contributed by atoms with Crippen LogP contribution in [-0.2, 0) is 0 Å². The minimum Gasteiger partial charge on any atom is -0.488 e. The molecule has 70 valence electrons. The Bertz CT molecular complexity index is 310. The predicted octanol–water partition coefficient (Wildman–Crippen LogP) is 1.33. The number of ether oxygens (including phenoxy) is 1. The van der Waals surface area contributed by atoms with Crippen LogP contribution in [0.4, 0.5) is 5.82 Å². The highest BCUT2D eigenvalue weighted by atomic mass is 16.5. The Morgan fingerprint density at radius 3 is 2.92 bits per heavy atom. The van der Waals surface area contributed by atoms with Crippen molar-refractivity contribution in [2.45, 2.75) is 25.7 Å². The van der Waals surface area contributed by atoms with Gasteiger partial charge in [0.25, 0.3) is 0 Å². The van der Waals surface area contributed by atoms with Gasteiger partial charge in [0.15, 0.2) is 11.6 Å². The van der Waals surface area contributed by atoms with Crippen molar-refractivity contribution in [3.8, 4) is 5.75 Å². The van der Waals surface area contributed by atoms with Gasteiger partial charge in [-0.1, -0.05) is 0 Å². The highest BCUT2D eigenvalue weighted by Crippen LogP contribution is 2.38.